The van der Waals surface area contributed by atoms with Gasteiger partial charge in [-0.3, -0.25) is 0 Å². The van der Waals surface area contributed by atoms with Gasteiger partial charge in [0.2, 0.25) is 0 Å². The third-order valence-corrected chi connectivity index (χ3v) is 2.16. The Morgan fingerprint density at radius 3 is 2.54 bits per heavy atom. The van der Waals surface area contributed by atoms with Crippen LogP contribution in [0, 0.1) is 0 Å². The summed E-state index contributed by atoms with van der Waals surface area (Å²) in [5.74, 6) is 0. The number of hydrogen-bond acceptors (Lipinski definition) is 3. The summed E-state index contributed by atoms with van der Waals surface area (Å²) in [7, 11) is 2.05. The molecule has 78 valence electrons. The molecule has 1 rings (SSSR count). The second-order valence-corrected chi connectivity index (χ2v) is 4.78. The number of nitrogens with one attached hydrogen (secondary N) is 1. The van der Waals surface area contributed by atoms with Crippen LogP contribution in [-0.4, -0.2) is 48.3 Å². The normalized spacial score (nSPS) is 18.2. The van der Waals surface area contributed by atoms with Gasteiger partial charge >= 0.3 is 0 Å². The fourth-order valence-corrected chi connectivity index (χ4v) is 1.49. The predicted molar refractivity (Wildman–Crippen MR) is 54.8 cm³/mol. The quantitative estimate of drug-likeness (QED) is 0.632. The Kier molecular flexibility index (Phi) is 3.71. The van der Waals surface area contributed by atoms with E-state index in [-0.39, 0.29) is 0 Å². The number of nitrogens with zero attached hydrogens (tertiary/aromatic N) is 1. The van der Waals surface area contributed by atoms with E-state index in [1.54, 1.807) is 0 Å². The van der Waals surface area contributed by atoms with E-state index in [2.05, 4.69) is 10.2 Å². The van der Waals surface area contributed by atoms with Crippen LogP contribution in [0.1, 0.15) is 26.7 Å². The Morgan fingerprint density at radius 2 is 2.08 bits per heavy atom. The summed E-state index contributed by atoms with van der Waals surface area (Å²) in [5, 5.41) is 13.0. The van der Waals surface area contributed by atoms with Gasteiger partial charge in [0.25, 0.3) is 0 Å². The van der Waals surface area contributed by atoms with E-state index in [4.69, 9.17) is 0 Å². The summed E-state index contributed by atoms with van der Waals surface area (Å²) in [6.07, 6.45) is 2.68. The Balaban J connectivity index is 1.99. The van der Waals surface area contributed by atoms with Gasteiger partial charge < -0.3 is 15.3 Å². The molecule has 0 spiro atoms. The average molecular weight is 186 g/mol. The summed E-state index contributed by atoms with van der Waals surface area (Å²) >= 11 is 0. The van der Waals surface area contributed by atoms with Crippen molar-refractivity contribution in [3.05, 3.63) is 0 Å². The molecule has 1 aliphatic rings. The standard InChI is InChI=1S/C10H22N2O/c1-10(2,13)8-12(3)7-6-11-9-4-5-9/h9,11,13H,4-8H2,1-3H3. The van der Waals surface area contributed by atoms with Gasteiger partial charge in [-0.1, -0.05) is 0 Å². The molecule has 0 radical (unpaired) electrons. The first-order valence-corrected chi connectivity index (χ1v) is 5.12. The van der Waals surface area contributed by atoms with Crippen molar-refractivity contribution in [1.82, 2.24) is 10.2 Å². The Labute approximate surface area is 81.1 Å². The number of aliphatic hydroxyl groups is 1. The maximum Gasteiger partial charge on any atom is 0.0718 e. The van der Waals surface area contributed by atoms with E-state index in [0.717, 1.165) is 25.7 Å². The maximum atomic E-state index is 9.55. The summed E-state index contributed by atoms with van der Waals surface area (Å²) in [4.78, 5) is 2.16. The monoisotopic (exact) mass is 186 g/mol. The molecule has 0 aromatic carbocycles. The van der Waals surface area contributed by atoms with Crippen molar-refractivity contribution in [2.45, 2.75) is 38.3 Å². The Bertz CT molecular complexity index is 149. The molecule has 1 fully saturated rings. The SMILES string of the molecule is CN(CCNC1CC1)CC(C)(C)O. The third kappa shape index (κ3) is 6.02. The zero-order chi connectivity index (χ0) is 9.90. The van der Waals surface area contributed by atoms with Crippen molar-refractivity contribution < 1.29 is 5.11 Å². The summed E-state index contributed by atoms with van der Waals surface area (Å²) < 4.78 is 0. The Morgan fingerprint density at radius 1 is 1.46 bits per heavy atom. The van der Waals surface area contributed by atoms with E-state index < -0.39 is 5.60 Å². The van der Waals surface area contributed by atoms with Crippen LogP contribution in [0.4, 0.5) is 0 Å². The topological polar surface area (TPSA) is 35.5 Å². The zero-order valence-electron chi connectivity index (χ0n) is 9.01. The van der Waals surface area contributed by atoms with Gasteiger partial charge in [0.1, 0.15) is 0 Å². The molecule has 0 amide bonds. The molecule has 0 aliphatic heterocycles. The van der Waals surface area contributed by atoms with E-state index >= 15 is 0 Å². The lowest BCUT2D eigenvalue weighted by atomic mass is 10.1. The van der Waals surface area contributed by atoms with Gasteiger partial charge in [0, 0.05) is 25.7 Å². The molecule has 0 bridgehead atoms. The van der Waals surface area contributed by atoms with E-state index in [9.17, 15) is 5.11 Å². The van der Waals surface area contributed by atoms with Gasteiger partial charge in [0.05, 0.1) is 5.60 Å². The molecule has 0 unspecified atom stereocenters. The fourth-order valence-electron chi connectivity index (χ4n) is 1.49. The lowest BCUT2D eigenvalue weighted by molar-refractivity contribution is 0.0449. The van der Waals surface area contributed by atoms with Crippen molar-refractivity contribution in [2.75, 3.05) is 26.7 Å². The van der Waals surface area contributed by atoms with Crippen molar-refractivity contribution in [1.29, 1.82) is 0 Å². The number of hydrogen-bond donors (Lipinski definition) is 2. The molecular weight excluding hydrogens is 164 g/mol. The second-order valence-electron chi connectivity index (χ2n) is 4.78. The van der Waals surface area contributed by atoms with Crippen LogP contribution in [0.5, 0.6) is 0 Å². The van der Waals surface area contributed by atoms with Gasteiger partial charge in [-0.15, -0.1) is 0 Å². The van der Waals surface area contributed by atoms with E-state index in [1.807, 2.05) is 20.9 Å². The molecule has 0 aromatic heterocycles. The molecule has 0 saturated heterocycles. The summed E-state index contributed by atoms with van der Waals surface area (Å²) in [6.45, 7) is 6.48. The highest BCUT2D eigenvalue weighted by Gasteiger charge is 2.20. The molecule has 0 atom stereocenters. The van der Waals surface area contributed by atoms with E-state index in [1.165, 1.54) is 12.8 Å². The highest BCUT2D eigenvalue weighted by Crippen LogP contribution is 2.17. The van der Waals surface area contributed by atoms with E-state index in [0.29, 0.717) is 0 Å². The molecular formula is C10H22N2O. The highest BCUT2D eigenvalue weighted by molar-refractivity contribution is 4.81. The summed E-state index contributed by atoms with van der Waals surface area (Å²) in [6, 6.07) is 0.788. The second kappa shape index (κ2) is 4.40. The maximum absolute atomic E-state index is 9.55. The van der Waals surface area contributed by atoms with Gasteiger partial charge in [-0.25, -0.2) is 0 Å². The van der Waals surface area contributed by atoms with Crippen molar-refractivity contribution in [3.8, 4) is 0 Å². The minimum atomic E-state index is -0.575. The van der Waals surface area contributed by atoms with Gasteiger partial charge in [-0.2, -0.15) is 0 Å². The molecule has 0 aromatic rings. The average Bonchev–Trinajstić information content (AvgIpc) is 2.66. The molecule has 3 nitrogen and oxygen atoms in total. The predicted octanol–water partition coefficient (Wildman–Crippen LogP) is 0.441. The van der Waals surface area contributed by atoms with Crippen LogP contribution in [0.15, 0.2) is 0 Å². The first-order chi connectivity index (χ1) is 5.97. The van der Waals surface area contributed by atoms with Crippen LogP contribution < -0.4 is 5.32 Å². The molecule has 1 aliphatic carbocycles. The van der Waals surface area contributed by atoms with Crippen LogP contribution in [0.25, 0.3) is 0 Å². The molecule has 13 heavy (non-hydrogen) atoms. The smallest absolute Gasteiger partial charge is 0.0718 e. The number of likely N-dealkylation sites (N-methyl/N-ethyl adjacent to an activating group) is 1. The van der Waals surface area contributed by atoms with Crippen LogP contribution in [0.3, 0.4) is 0 Å². The lowest BCUT2D eigenvalue weighted by Gasteiger charge is -2.25. The van der Waals surface area contributed by atoms with Crippen molar-refractivity contribution in [3.63, 3.8) is 0 Å². The molecule has 3 heteroatoms. The molecule has 2 N–H and O–H groups in total. The van der Waals surface area contributed by atoms with Crippen LogP contribution >= 0.6 is 0 Å². The molecule has 1 saturated carbocycles. The molecule has 0 heterocycles. The van der Waals surface area contributed by atoms with Gasteiger partial charge in [-0.05, 0) is 33.7 Å². The van der Waals surface area contributed by atoms with Crippen LogP contribution in [0.2, 0.25) is 0 Å². The minimum Gasteiger partial charge on any atom is -0.389 e. The summed E-state index contributed by atoms with van der Waals surface area (Å²) in [5.41, 5.74) is -0.575. The Hall–Kier alpha value is -0.120. The zero-order valence-corrected chi connectivity index (χ0v) is 9.01. The van der Waals surface area contributed by atoms with Gasteiger partial charge in [0.15, 0.2) is 0 Å². The van der Waals surface area contributed by atoms with Crippen molar-refractivity contribution >= 4 is 0 Å². The van der Waals surface area contributed by atoms with Crippen LogP contribution in [-0.2, 0) is 0 Å². The van der Waals surface area contributed by atoms with Crippen molar-refractivity contribution in [2.24, 2.45) is 0 Å². The fraction of sp³-hybridized carbons (Fsp3) is 1.00. The number of rotatable bonds is 6. The largest absolute Gasteiger partial charge is 0.389 e. The first kappa shape index (κ1) is 11.0. The lowest BCUT2D eigenvalue weighted by Crippen LogP contribution is -2.39. The third-order valence-electron chi connectivity index (χ3n) is 2.16. The highest BCUT2D eigenvalue weighted by atomic mass is 16.3. The first-order valence-electron chi connectivity index (χ1n) is 5.12. The minimum absolute atomic E-state index is 0.575.